The molecule has 1 fully saturated rings. The van der Waals surface area contributed by atoms with Gasteiger partial charge in [0.1, 0.15) is 0 Å². The minimum atomic E-state index is -0.634. The molecule has 3 nitrogen and oxygen atoms in total. The van der Waals surface area contributed by atoms with Crippen LogP contribution in [-0.2, 0) is 11.3 Å². The van der Waals surface area contributed by atoms with Crippen molar-refractivity contribution in [3.8, 4) is 0 Å². The Balaban J connectivity index is 2.00. The van der Waals surface area contributed by atoms with Crippen molar-refractivity contribution in [2.75, 3.05) is 7.05 Å². The van der Waals surface area contributed by atoms with Gasteiger partial charge in [0, 0.05) is 13.6 Å². The van der Waals surface area contributed by atoms with E-state index in [1.54, 1.807) is 4.90 Å². The fourth-order valence-corrected chi connectivity index (χ4v) is 3.13. The molecule has 0 spiro atoms. The van der Waals surface area contributed by atoms with Gasteiger partial charge >= 0.3 is 0 Å². The van der Waals surface area contributed by atoms with Crippen LogP contribution in [-0.4, -0.2) is 23.4 Å². The average molecular weight is 288 g/mol. The van der Waals surface area contributed by atoms with Crippen LogP contribution in [0.3, 0.4) is 0 Å². The van der Waals surface area contributed by atoms with E-state index in [4.69, 9.17) is 5.73 Å². The largest absolute Gasteiger partial charge is 0.340 e. The van der Waals surface area contributed by atoms with Gasteiger partial charge in [0.25, 0.3) is 0 Å². The second kappa shape index (κ2) is 6.61. The van der Waals surface area contributed by atoms with Crippen molar-refractivity contribution in [2.24, 2.45) is 5.73 Å². The molecule has 2 rings (SSSR count). The van der Waals surface area contributed by atoms with E-state index in [1.807, 2.05) is 7.05 Å². The quantitative estimate of drug-likeness (QED) is 0.922. The highest BCUT2D eigenvalue weighted by Gasteiger charge is 2.37. The highest BCUT2D eigenvalue weighted by molar-refractivity contribution is 5.86. The van der Waals surface area contributed by atoms with E-state index in [1.165, 1.54) is 12.0 Å². The molecule has 0 saturated heterocycles. The van der Waals surface area contributed by atoms with Crippen molar-refractivity contribution in [1.29, 1.82) is 0 Å². The van der Waals surface area contributed by atoms with Crippen LogP contribution in [0.5, 0.6) is 0 Å². The van der Waals surface area contributed by atoms with Crippen LogP contribution in [0.25, 0.3) is 0 Å². The summed E-state index contributed by atoms with van der Waals surface area (Å²) in [6.07, 6.45) is 4.98. The number of carbonyl (C=O) groups is 1. The van der Waals surface area contributed by atoms with Gasteiger partial charge in [-0.2, -0.15) is 0 Å². The molecule has 1 aromatic carbocycles. The minimum Gasteiger partial charge on any atom is -0.340 e. The van der Waals surface area contributed by atoms with Crippen LogP contribution in [0, 0.1) is 0 Å². The molecule has 0 unspecified atom stereocenters. The lowest BCUT2D eigenvalue weighted by atomic mass is 9.81. The fraction of sp³-hybridized carbons (Fsp3) is 0.611. The first-order valence-corrected chi connectivity index (χ1v) is 8.06. The smallest absolute Gasteiger partial charge is 0.242 e. The number of hydrogen-bond donors (Lipinski definition) is 1. The van der Waals surface area contributed by atoms with Gasteiger partial charge in [-0.15, -0.1) is 0 Å². The van der Waals surface area contributed by atoms with Crippen LogP contribution >= 0.6 is 0 Å². The third-order valence-electron chi connectivity index (χ3n) is 4.58. The zero-order valence-corrected chi connectivity index (χ0v) is 13.6. The molecule has 0 aliphatic heterocycles. The molecule has 2 N–H and O–H groups in total. The number of carbonyl (C=O) groups excluding carboxylic acids is 1. The van der Waals surface area contributed by atoms with Gasteiger partial charge in [-0.3, -0.25) is 4.79 Å². The van der Waals surface area contributed by atoms with Crippen LogP contribution in [0.4, 0.5) is 0 Å². The number of rotatable bonds is 4. The van der Waals surface area contributed by atoms with Crippen LogP contribution < -0.4 is 5.73 Å². The van der Waals surface area contributed by atoms with Crippen LogP contribution in [0.15, 0.2) is 24.3 Å². The lowest BCUT2D eigenvalue weighted by molar-refractivity contribution is -0.137. The Bertz CT molecular complexity index is 472. The molecule has 0 bridgehead atoms. The predicted molar refractivity (Wildman–Crippen MR) is 87.0 cm³/mol. The summed E-state index contributed by atoms with van der Waals surface area (Å²) in [7, 11) is 1.86. The van der Waals surface area contributed by atoms with Crippen molar-refractivity contribution in [3.05, 3.63) is 35.4 Å². The Morgan fingerprint density at radius 3 is 2.29 bits per heavy atom. The number of hydrogen-bond acceptors (Lipinski definition) is 2. The average Bonchev–Trinajstić information content (AvgIpc) is 2.47. The third kappa shape index (κ3) is 3.85. The van der Waals surface area contributed by atoms with Gasteiger partial charge in [-0.1, -0.05) is 57.4 Å². The molecule has 0 heterocycles. The van der Waals surface area contributed by atoms with E-state index >= 15 is 0 Å². The van der Waals surface area contributed by atoms with E-state index in [2.05, 4.69) is 38.1 Å². The fourth-order valence-electron chi connectivity index (χ4n) is 3.13. The molecule has 1 aromatic rings. The lowest BCUT2D eigenvalue weighted by Crippen LogP contribution is -2.55. The van der Waals surface area contributed by atoms with Crippen molar-refractivity contribution in [3.63, 3.8) is 0 Å². The molecule has 116 valence electrons. The summed E-state index contributed by atoms with van der Waals surface area (Å²) in [5, 5.41) is 0. The van der Waals surface area contributed by atoms with Gasteiger partial charge in [-0.25, -0.2) is 0 Å². The number of likely N-dealkylation sites (N-methyl/N-ethyl adjacent to an activating group) is 1. The molecule has 1 saturated carbocycles. The van der Waals surface area contributed by atoms with E-state index in [0.717, 1.165) is 31.2 Å². The summed E-state index contributed by atoms with van der Waals surface area (Å²) >= 11 is 0. The van der Waals surface area contributed by atoms with E-state index in [0.29, 0.717) is 12.5 Å². The zero-order valence-electron chi connectivity index (χ0n) is 13.6. The molecule has 3 heteroatoms. The molecule has 1 aliphatic carbocycles. The van der Waals surface area contributed by atoms with E-state index in [-0.39, 0.29) is 5.91 Å². The first-order valence-electron chi connectivity index (χ1n) is 8.06. The van der Waals surface area contributed by atoms with Gasteiger partial charge in [0.2, 0.25) is 5.91 Å². The third-order valence-corrected chi connectivity index (χ3v) is 4.58. The maximum atomic E-state index is 12.6. The Kier molecular flexibility index (Phi) is 5.04. The standard InChI is InChI=1S/C18H28N2O/c1-14(2)16-9-7-15(8-10-16)13-20(3)17(21)18(19)11-5-4-6-12-18/h7-10,14H,4-6,11-13,19H2,1-3H3. The van der Waals surface area contributed by atoms with Crippen molar-refractivity contribution in [2.45, 2.75) is 64.0 Å². The molecule has 0 aromatic heterocycles. The van der Waals surface area contributed by atoms with Crippen molar-refractivity contribution in [1.82, 2.24) is 4.90 Å². The maximum absolute atomic E-state index is 12.6. The Hall–Kier alpha value is -1.35. The Morgan fingerprint density at radius 2 is 1.76 bits per heavy atom. The number of nitrogens with two attached hydrogens (primary N) is 1. The number of amides is 1. The van der Waals surface area contributed by atoms with Gasteiger partial charge in [0.05, 0.1) is 5.54 Å². The summed E-state index contributed by atoms with van der Waals surface area (Å²) < 4.78 is 0. The second-order valence-corrected chi connectivity index (χ2v) is 6.77. The van der Waals surface area contributed by atoms with Crippen LogP contribution in [0.2, 0.25) is 0 Å². The summed E-state index contributed by atoms with van der Waals surface area (Å²) in [4.78, 5) is 14.4. The van der Waals surface area contributed by atoms with Crippen molar-refractivity contribution >= 4 is 5.91 Å². The summed E-state index contributed by atoms with van der Waals surface area (Å²) in [6, 6.07) is 8.53. The van der Waals surface area contributed by atoms with E-state index < -0.39 is 5.54 Å². The summed E-state index contributed by atoms with van der Waals surface area (Å²) in [5.74, 6) is 0.628. The second-order valence-electron chi connectivity index (χ2n) is 6.77. The molecule has 0 radical (unpaired) electrons. The van der Waals surface area contributed by atoms with Gasteiger partial charge < -0.3 is 10.6 Å². The minimum absolute atomic E-state index is 0.0927. The normalized spacial score (nSPS) is 17.8. The van der Waals surface area contributed by atoms with Gasteiger partial charge in [0.15, 0.2) is 0 Å². The molecular weight excluding hydrogens is 260 g/mol. The number of nitrogens with zero attached hydrogens (tertiary/aromatic N) is 1. The topological polar surface area (TPSA) is 46.3 Å². The monoisotopic (exact) mass is 288 g/mol. The highest BCUT2D eigenvalue weighted by Crippen LogP contribution is 2.28. The molecule has 0 atom stereocenters. The maximum Gasteiger partial charge on any atom is 0.242 e. The molecular formula is C18H28N2O. The van der Waals surface area contributed by atoms with E-state index in [9.17, 15) is 4.79 Å². The van der Waals surface area contributed by atoms with Crippen molar-refractivity contribution < 1.29 is 4.79 Å². The summed E-state index contributed by atoms with van der Waals surface area (Å²) in [5.41, 5.74) is 8.19. The summed E-state index contributed by atoms with van der Waals surface area (Å²) in [6.45, 7) is 5.01. The highest BCUT2D eigenvalue weighted by atomic mass is 16.2. The van der Waals surface area contributed by atoms with Gasteiger partial charge in [-0.05, 0) is 29.9 Å². The zero-order chi connectivity index (χ0) is 15.5. The molecule has 1 amide bonds. The Labute approximate surface area is 128 Å². The lowest BCUT2D eigenvalue weighted by Gasteiger charge is -2.35. The van der Waals surface area contributed by atoms with Crippen LogP contribution in [0.1, 0.15) is 63.0 Å². The SMILES string of the molecule is CC(C)c1ccc(CN(C)C(=O)C2(N)CCCCC2)cc1. The molecule has 1 aliphatic rings. The predicted octanol–water partition coefficient (Wildman–Crippen LogP) is 3.43. The molecule has 21 heavy (non-hydrogen) atoms. The Morgan fingerprint density at radius 1 is 1.19 bits per heavy atom. The first-order chi connectivity index (χ1) is 9.92. The first kappa shape index (κ1) is 16.0. The number of benzene rings is 1.